The van der Waals surface area contributed by atoms with Crippen LogP contribution >= 0.6 is 7.26 Å². The number of rotatable bonds is 7. The molecule has 22 heavy (non-hydrogen) atoms. The lowest BCUT2D eigenvalue weighted by atomic mass is 10.4. The van der Waals surface area contributed by atoms with Gasteiger partial charge in [-0.1, -0.05) is 37.9 Å². The van der Waals surface area contributed by atoms with E-state index in [-0.39, 0.29) is 0 Å². The van der Waals surface area contributed by atoms with Gasteiger partial charge in [0.15, 0.2) is 0 Å². The van der Waals surface area contributed by atoms with Crippen LogP contribution in [0.4, 0.5) is 0 Å². The second-order valence-corrected chi connectivity index (χ2v) is 8.17. The number of hydrogen-bond donors (Lipinski definition) is 0. The summed E-state index contributed by atoms with van der Waals surface area (Å²) in [6.07, 6.45) is 12.4. The largest absolute Gasteiger partial charge is 0.143 e. The average Bonchev–Trinajstić information content (AvgIpc) is 2.58. The predicted molar refractivity (Wildman–Crippen MR) is 105 cm³/mol. The summed E-state index contributed by atoms with van der Waals surface area (Å²) in [5, 5.41) is 5.00. The zero-order chi connectivity index (χ0) is 16.6. The maximum absolute atomic E-state index is 4.06. The lowest BCUT2D eigenvalue weighted by Crippen LogP contribution is -2.15. The van der Waals surface area contributed by atoms with Gasteiger partial charge in [-0.15, -0.1) is 0 Å². The molecule has 0 aliphatic heterocycles. The van der Waals surface area contributed by atoms with Crippen LogP contribution in [0.3, 0.4) is 0 Å². The SMILES string of the molecule is C=C/C(=C\C)[P+](/C(C=C)=C/C)(/C(C=C)=C/C)c1ccccc1. The number of hydrogen-bond acceptors (Lipinski definition) is 0. The van der Waals surface area contributed by atoms with Gasteiger partial charge in [-0.25, -0.2) is 0 Å². The average molecular weight is 309 g/mol. The first-order chi connectivity index (χ1) is 10.7. The zero-order valence-corrected chi connectivity index (χ0v) is 14.8. The molecule has 1 heteroatoms. The zero-order valence-electron chi connectivity index (χ0n) is 13.9. The monoisotopic (exact) mass is 309 g/mol. The minimum atomic E-state index is -1.95. The van der Waals surface area contributed by atoms with E-state index in [0.717, 1.165) is 0 Å². The van der Waals surface area contributed by atoms with Gasteiger partial charge in [0.2, 0.25) is 0 Å². The third-order valence-corrected chi connectivity index (χ3v) is 8.54. The van der Waals surface area contributed by atoms with Gasteiger partial charge < -0.3 is 0 Å². The van der Waals surface area contributed by atoms with E-state index in [9.17, 15) is 0 Å². The van der Waals surface area contributed by atoms with E-state index in [4.69, 9.17) is 0 Å². The first kappa shape index (κ1) is 18.1. The summed E-state index contributed by atoms with van der Waals surface area (Å²) in [6.45, 7) is 18.4. The molecule has 0 radical (unpaired) electrons. The van der Waals surface area contributed by atoms with Crippen LogP contribution in [0.2, 0.25) is 0 Å². The van der Waals surface area contributed by atoms with Crippen LogP contribution in [0.5, 0.6) is 0 Å². The molecular formula is C21H26P+. The Morgan fingerprint density at radius 3 is 1.36 bits per heavy atom. The van der Waals surface area contributed by atoms with Crippen molar-refractivity contribution in [3.63, 3.8) is 0 Å². The van der Waals surface area contributed by atoms with Gasteiger partial charge in [0.05, 0.1) is 0 Å². The molecule has 0 aliphatic rings. The highest BCUT2D eigenvalue weighted by Gasteiger charge is 2.48. The van der Waals surface area contributed by atoms with E-state index in [1.54, 1.807) is 0 Å². The van der Waals surface area contributed by atoms with Crippen molar-refractivity contribution in [3.8, 4) is 0 Å². The Hall–Kier alpha value is -1.91. The predicted octanol–water partition coefficient (Wildman–Crippen LogP) is 6.60. The number of benzene rings is 1. The van der Waals surface area contributed by atoms with Crippen molar-refractivity contribution in [1.29, 1.82) is 0 Å². The molecule has 1 aromatic carbocycles. The molecule has 0 bridgehead atoms. The van der Waals surface area contributed by atoms with Gasteiger partial charge in [0.25, 0.3) is 0 Å². The summed E-state index contributed by atoms with van der Waals surface area (Å²) in [7, 11) is -1.95. The molecule has 0 amide bonds. The van der Waals surface area contributed by atoms with E-state index < -0.39 is 7.26 Å². The van der Waals surface area contributed by atoms with Gasteiger partial charge >= 0.3 is 0 Å². The second kappa shape index (κ2) is 8.51. The topological polar surface area (TPSA) is 0 Å². The Morgan fingerprint density at radius 1 is 0.727 bits per heavy atom. The van der Waals surface area contributed by atoms with Crippen molar-refractivity contribution in [1.82, 2.24) is 0 Å². The van der Waals surface area contributed by atoms with E-state index >= 15 is 0 Å². The third kappa shape index (κ3) is 2.98. The minimum Gasteiger partial charge on any atom is -0.0951 e. The minimum absolute atomic E-state index is 1.24. The van der Waals surface area contributed by atoms with E-state index in [2.05, 4.69) is 83.0 Å². The normalized spacial score (nSPS) is 13.7. The Bertz CT molecular complexity index is 567. The molecule has 0 nitrogen and oxygen atoms in total. The van der Waals surface area contributed by atoms with Gasteiger partial charge in [-0.2, -0.15) is 0 Å². The Kier molecular flexibility index (Phi) is 7.02. The van der Waals surface area contributed by atoms with Crippen molar-refractivity contribution >= 4 is 12.6 Å². The fraction of sp³-hybridized carbons (Fsp3) is 0.143. The van der Waals surface area contributed by atoms with Gasteiger partial charge in [0, 0.05) is 0 Å². The summed E-state index contributed by atoms with van der Waals surface area (Å²) >= 11 is 0. The smallest absolute Gasteiger partial charge is 0.0951 e. The van der Waals surface area contributed by atoms with Crippen LogP contribution < -0.4 is 5.30 Å². The quantitative estimate of drug-likeness (QED) is 0.393. The van der Waals surface area contributed by atoms with Crippen molar-refractivity contribution in [3.05, 3.63) is 102 Å². The molecule has 1 rings (SSSR count). The summed E-state index contributed by atoms with van der Waals surface area (Å²) < 4.78 is 0. The Morgan fingerprint density at radius 2 is 1.09 bits per heavy atom. The lowest BCUT2D eigenvalue weighted by Gasteiger charge is -2.29. The van der Waals surface area contributed by atoms with Crippen LogP contribution in [-0.2, 0) is 0 Å². The summed E-state index contributed by atoms with van der Waals surface area (Å²) in [5.41, 5.74) is 0. The fourth-order valence-corrected chi connectivity index (χ4v) is 7.28. The van der Waals surface area contributed by atoms with E-state index in [0.29, 0.717) is 0 Å². The van der Waals surface area contributed by atoms with Crippen LogP contribution in [0.15, 0.2) is 102 Å². The molecule has 114 valence electrons. The first-order valence-electron chi connectivity index (χ1n) is 7.49. The van der Waals surface area contributed by atoms with Crippen LogP contribution in [-0.4, -0.2) is 0 Å². The molecule has 0 N–H and O–H groups in total. The van der Waals surface area contributed by atoms with Crippen molar-refractivity contribution < 1.29 is 0 Å². The first-order valence-corrected chi connectivity index (χ1v) is 9.28. The molecular weight excluding hydrogens is 283 g/mol. The molecule has 0 heterocycles. The van der Waals surface area contributed by atoms with E-state index in [1.165, 1.54) is 21.2 Å². The molecule has 0 unspecified atom stereocenters. The van der Waals surface area contributed by atoms with E-state index in [1.807, 2.05) is 24.3 Å². The maximum atomic E-state index is 4.06. The van der Waals surface area contributed by atoms with Gasteiger partial charge in [0.1, 0.15) is 28.5 Å². The highest BCUT2D eigenvalue weighted by molar-refractivity contribution is 7.94. The summed E-state index contributed by atoms with van der Waals surface area (Å²) in [4.78, 5) is 0. The standard InChI is InChI=1S/C21H26P/c1-7-18(8-2)22(19(9-3)10-4,20(11-5)12-6)21-16-14-13-15-17-21/h7-17H,1,3,5H2,2,4,6H3/q+1/b18-8+,19-10+,20-12+. The fourth-order valence-electron chi connectivity index (χ4n) is 2.89. The van der Waals surface area contributed by atoms with Gasteiger partial charge in [-0.3, -0.25) is 0 Å². The Balaban J connectivity index is 4.00. The van der Waals surface area contributed by atoms with Gasteiger partial charge in [-0.05, 0) is 69.4 Å². The van der Waals surface area contributed by atoms with Crippen molar-refractivity contribution in [2.24, 2.45) is 0 Å². The lowest BCUT2D eigenvalue weighted by molar-refractivity contribution is 1.61. The summed E-state index contributed by atoms with van der Waals surface area (Å²) in [5.74, 6) is 0. The molecule has 0 saturated carbocycles. The number of allylic oxidation sites excluding steroid dienone is 9. The second-order valence-electron chi connectivity index (χ2n) is 4.76. The van der Waals surface area contributed by atoms with Crippen LogP contribution in [0.1, 0.15) is 20.8 Å². The molecule has 1 aromatic rings. The molecule has 0 fully saturated rings. The Labute approximate surface area is 136 Å². The third-order valence-electron chi connectivity index (χ3n) is 3.82. The van der Waals surface area contributed by atoms with Crippen molar-refractivity contribution in [2.45, 2.75) is 20.8 Å². The van der Waals surface area contributed by atoms with Crippen LogP contribution in [0, 0.1) is 0 Å². The molecule has 0 aromatic heterocycles. The highest BCUT2D eigenvalue weighted by atomic mass is 31.2. The maximum Gasteiger partial charge on any atom is 0.143 e. The molecule has 0 atom stereocenters. The molecule has 0 aliphatic carbocycles. The molecule has 0 saturated heterocycles. The molecule has 0 spiro atoms. The van der Waals surface area contributed by atoms with Crippen LogP contribution in [0.25, 0.3) is 0 Å². The van der Waals surface area contributed by atoms with Crippen molar-refractivity contribution in [2.75, 3.05) is 0 Å². The highest BCUT2D eigenvalue weighted by Crippen LogP contribution is 2.76. The summed E-state index contributed by atoms with van der Waals surface area (Å²) in [6, 6.07) is 10.6.